The van der Waals surface area contributed by atoms with Crippen LogP contribution in [0.4, 0.5) is 0 Å². The van der Waals surface area contributed by atoms with E-state index in [1.54, 1.807) is 5.56 Å². The molecular formula is C18H27N. The molecule has 0 radical (unpaired) electrons. The number of benzene rings is 1. The molecule has 104 valence electrons. The van der Waals surface area contributed by atoms with Gasteiger partial charge < -0.3 is 5.73 Å². The van der Waals surface area contributed by atoms with Crippen LogP contribution in [0.25, 0.3) is 0 Å². The Morgan fingerprint density at radius 1 is 0.789 bits per heavy atom. The first-order valence-electron chi connectivity index (χ1n) is 8.09. The van der Waals surface area contributed by atoms with Crippen molar-refractivity contribution < 1.29 is 0 Å². The first kappa shape index (κ1) is 13.2. The van der Waals surface area contributed by atoms with Gasteiger partial charge in [-0.1, -0.05) is 62.4 Å². The van der Waals surface area contributed by atoms with Gasteiger partial charge >= 0.3 is 0 Å². The zero-order valence-corrected chi connectivity index (χ0v) is 12.0. The van der Waals surface area contributed by atoms with Gasteiger partial charge in [-0.2, -0.15) is 0 Å². The van der Waals surface area contributed by atoms with Crippen molar-refractivity contribution in [2.45, 2.75) is 63.2 Å². The third-order valence-electron chi connectivity index (χ3n) is 6.00. The Labute approximate surface area is 117 Å². The lowest BCUT2D eigenvalue weighted by atomic mass is 9.53. The van der Waals surface area contributed by atoms with Crippen LogP contribution in [0.2, 0.25) is 0 Å². The Balaban J connectivity index is 2.04. The number of hydrogen-bond donors (Lipinski definition) is 1. The van der Waals surface area contributed by atoms with Crippen LogP contribution in [-0.4, -0.2) is 6.54 Å². The van der Waals surface area contributed by atoms with Gasteiger partial charge in [0.1, 0.15) is 0 Å². The van der Waals surface area contributed by atoms with Gasteiger partial charge in [0.15, 0.2) is 0 Å². The Morgan fingerprint density at radius 3 is 1.95 bits per heavy atom. The third kappa shape index (κ3) is 2.03. The Hall–Kier alpha value is -0.820. The molecule has 1 aromatic rings. The van der Waals surface area contributed by atoms with E-state index in [1.807, 2.05) is 0 Å². The zero-order chi connectivity index (χ0) is 13.2. The molecule has 1 nitrogen and oxygen atoms in total. The van der Waals surface area contributed by atoms with Gasteiger partial charge in [-0.3, -0.25) is 0 Å². The van der Waals surface area contributed by atoms with Gasteiger partial charge in [-0.25, -0.2) is 0 Å². The molecule has 19 heavy (non-hydrogen) atoms. The maximum atomic E-state index is 6.34. The van der Waals surface area contributed by atoms with E-state index >= 15 is 0 Å². The molecule has 0 bridgehead atoms. The second-order valence-corrected chi connectivity index (χ2v) is 6.70. The molecular weight excluding hydrogens is 230 g/mol. The van der Waals surface area contributed by atoms with Crippen LogP contribution < -0.4 is 5.73 Å². The topological polar surface area (TPSA) is 26.0 Å². The molecule has 3 rings (SSSR count). The predicted octanol–water partition coefficient (Wildman–Crippen LogP) is 4.41. The monoisotopic (exact) mass is 257 g/mol. The van der Waals surface area contributed by atoms with Crippen LogP contribution in [0.3, 0.4) is 0 Å². The van der Waals surface area contributed by atoms with E-state index in [-0.39, 0.29) is 0 Å². The lowest BCUT2D eigenvalue weighted by Gasteiger charge is -2.51. The van der Waals surface area contributed by atoms with E-state index in [2.05, 4.69) is 30.3 Å². The fraction of sp³-hybridized carbons (Fsp3) is 0.667. The summed E-state index contributed by atoms with van der Waals surface area (Å²) in [5.74, 6) is 0. The second-order valence-electron chi connectivity index (χ2n) is 6.70. The first-order chi connectivity index (χ1) is 9.33. The highest BCUT2D eigenvalue weighted by Crippen LogP contribution is 2.58. The van der Waals surface area contributed by atoms with Gasteiger partial charge in [0.25, 0.3) is 0 Å². The molecule has 2 saturated carbocycles. The smallest absolute Gasteiger partial charge is 0.00214 e. The van der Waals surface area contributed by atoms with Crippen LogP contribution in [0.15, 0.2) is 30.3 Å². The number of hydrogen-bond acceptors (Lipinski definition) is 1. The minimum Gasteiger partial charge on any atom is -0.330 e. The molecule has 0 aliphatic heterocycles. The molecule has 2 fully saturated rings. The van der Waals surface area contributed by atoms with E-state index in [0.29, 0.717) is 10.8 Å². The van der Waals surface area contributed by atoms with Crippen molar-refractivity contribution in [1.29, 1.82) is 0 Å². The van der Waals surface area contributed by atoms with Crippen LogP contribution >= 0.6 is 0 Å². The Kier molecular flexibility index (Phi) is 3.66. The summed E-state index contributed by atoms with van der Waals surface area (Å²) in [6.45, 7) is 0.877. The minimum atomic E-state index is 0.378. The van der Waals surface area contributed by atoms with E-state index in [4.69, 9.17) is 5.73 Å². The van der Waals surface area contributed by atoms with Crippen LogP contribution in [0.5, 0.6) is 0 Å². The summed E-state index contributed by atoms with van der Waals surface area (Å²) in [7, 11) is 0. The van der Waals surface area contributed by atoms with Gasteiger partial charge in [0.05, 0.1) is 0 Å². The summed E-state index contributed by atoms with van der Waals surface area (Å²) in [5.41, 5.74) is 8.67. The summed E-state index contributed by atoms with van der Waals surface area (Å²) in [5, 5.41) is 0. The van der Waals surface area contributed by atoms with Gasteiger partial charge in [0, 0.05) is 5.41 Å². The quantitative estimate of drug-likeness (QED) is 0.853. The normalized spacial score (nSPS) is 25.3. The highest BCUT2D eigenvalue weighted by molar-refractivity contribution is 5.31. The van der Waals surface area contributed by atoms with Gasteiger partial charge in [-0.05, 0) is 43.2 Å². The van der Waals surface area contributed by atoms with Crippen LogP contribution in [0, 0.1) is 5.41 Å². The SMILES string of the molecule is NCC1(C2(c3ccccc3)CCCC2)CCCCC1. The lowest BCUT2D eigenvalue weighted by Crippen LogP contribution is -2.50. The summed E-state index contributed by atoms with van der Waals surface area (Å²) in [4.78, 5) is 0. The molecule has 2 aliphatic rings. The van der Waals surface area contributed by atoms with Crippen molar-refractivity contribution in [3.8, 4) is 0 Å². The van der Waals surface area contributed by atoms with E-state index in [0.717, 1.165) is 6.54 Å². The fourth-order valence-corrected chi connectivity index (χ4v) is 4.97. The number of rotatable bonds is 3. The lowest BCUT2D eigenvalue weighted by molar-refractivity contribution is 0.0725. The van der Waals surface area contributed by atoms with Crippen molar-refractivity contribution in [3.05, 3.63) is 35.9 Å². The first-order valence-corrected chi connectivity index (χ1v) is 8.09. The highest BCUT2D eigenvalue weighted by atomic mass is 14.7. The Morgan fingerprint density at radius 2 is 1.37 bits per heavy atom. The van der Waals surface area contributed by atoms with E-state index in [9.17, 15) is 0 Å². The van der Waals surface area contributed by atoms with Crippen molar-refractivity contribution in [3.63, 3.8) is 0 Å². The van der Waals surface area contributed by atoms with Crippen LogP contribution in [-0.2, 0) is 5.41 Å². The molecule has 1 aromatic carbocycles. The molecule has 0 atom stereocenters. The highest BCUT2D eigenvalue weighted by Gasteiger charge is 2.52. The van der Waals surface area contributed by atoms with Crippen molar-refractivity contribution in [2.24, 2.45) is 11.1 Å². The molecule has 0 heterocycles. The maximum absolute atomic E-state index is 6.34. The predicted molar refractivity (Wildman–Crippen MR) is 81.2 cm³/mol. The summed E-state index contributed by atoms with van der Waals surface area (Å²) < 4.78 is 0. The largest absolute Gasteiger partial charge is 0.330 e. The van der Waals surface area contributed by atoms with E-state index in [1.165, 1.54) is 57.8 Å². The summed E-state index contributed by atoms with van der Waals surface area (Å²) >= 11 is 0. The summed E-state index contributed by atoms with van der Waals surface area (Å²) in [6.07, 6.45) is 12.3. The average Bonchev–Trinajstić information content (AvgIpc) is 3.00. The minimum absolute atomic E-state index is 0.378. The van der Waals surface area contributed by atoms with E-state index < -0.39 is 0 Å². The molecule has 0 aromatic heterocycles. The van der Waals surface area contributed by atoms with Crippen LogP contribution in [0.1, 0.15) is 63.4 Å². The van der Waals surface area contributed by atoms with Crippen molar-refractivity contribution in [2.75, 3.05) is 6.54 Å². The van der Waals surface area contributed by atoms with Crippen molar-refractivity contribution >= 4 is 0 Å². The average molecular weight is 257 g/mol. The molecule has 2 aliphatic carbocycles. The molecule has 0 saturated heterocycles. The van der Waals surface area contributed by atoms with Gasteiger partial charge in [0.2, 0.25) is 0 Å². The summed E-state index contributed by atoms with van der Waals surface area (Å²) in [6, 6.07) is 11.3. The molecule has 0 amide bonds. The Bertz CT molecular complexity index is 397. The molecule has 0 spiro atoms. The fourth-order valence-electron chi connectivity index (χ4n) is 4.97. The maximum Gasteiger partial charge on any atom is 0.00214 e. The molecule has 0 unspecified atom stereocenters. The van der Waals surface area contributed by atoms with Gasteiger partial charge in [-0.15, -0.1) is 0 Å². The second kappa shape index (κ2) is 5.28. The molecule has 2 N–H and O–H groups in total. The standard InChI is InChI=1S/C18H27N/c19-15-17(11-5-2-6-12-17)18(13-7-8-14-18)16-9-3-1-4-10-16/h1,3-4,9-10H,2,5-8,11-15,19H2. The van der Waals surface area contributed by atoms with Crippen molar-refractivity contribution in [1.82, 2.24) is 0 Å². The molecule has 1 heteroatoms. The number of nitrogens with two attached hydrogens (primary N) is 1. The third-order valence-corrected chi connectivity index (χ3v) is 6.00. The zero-order valence-electron chi connectivity index (χ0n) is 12.0.